The highest BCUT2D eigenvalue weighted by Crippen LogP contribution is 2.46. The Labute approximate surface area is 268 Å². The fourth-order valence-electron chi connectivity index (χ4n) is 6.97. The number of anilines is 1. The number of cyclic esters (lactones) is 1. The predicted octanol–water partition coefficient (Wildman–Crippen LogP) is 4.79. The van der Waals surface area contributed by atoms with Gasteiger partial charge in [-0.25, -0.2) is 19.0 Å². The van der Waals surface area contributed by atoms with Crippen LogP contribution < -0.4 is 16.2 Å². The van der Waals surface area contributed by atoms with Crippen molar-refractivity contribution < 1.29 is 33.4 Å². The molecule has 0 saturated carbocycles. The van der Waals surface area contributed by atoms with Crippen LogP contribution in [0.15, 0.2) is 41.2 Å². The van der Waals surface area contributed by atoms with Crippen LogP contribution in [0, 0.1) is 12.7 Å². The number of ether oxygens (including phenoxy) is 2. The number of benzene rings is 2. The van der Waals surface area contributed by atoms with E-state index in [1.54, 1.807) is 51.1 Å². The molecule has 0 saturated heterocycles. The molecule has 2 atom stereocenters. The summed E-state index contributed by atoms with van der Waals surface area (Å²) in [5.74, 6) is -1.32. The van der Waals surface area contributed by atoms with E-state index < -0.39 is 35.1 Å². The predicted molar refractivity (Wildman–Crippen MR) is 169 cm³/mol. The van der Waals surface area contributed by atoms with Crippen LogP contribution in [-0.4, -0.2) is 32.6 Å². The van der Waals surface area contributed by atoms with Gasteiger partial charge in [-0.05, 0) is 66.6 Å². The zero-order chi connectivity index (χ0) is 33.2. The van der Waals surface area contributed by atoms with E-state index in [-0.39, 0.29) is 43.2 Å². The molecule has 1 aliphatic carbocycles. The lowest BCUT2D eigenvalue weighted by molar-refractivity contribution is -0.172. The Morgan fingerprint density at radius 1 is 1.15 bits per heavy atom. The number of halogens is 1. The Kier molecular flexibility index (Phi) is 7.35. The Morgan fingerprint density at radius 2 is 1.91 bits per heavy atom. The summed E-state index contributed by atoms with van der Waals surface area (Å²) in [4.78, 5) is 56.1. The van der Waals surface area contributed by atoms with Crippen molar-refractivity contribution in [3.8, 4) is 11.4 Å². The molecule has 0 bridgehead atoms. The first-order valence-electron chi connectivity index (χ1n) is 15.7. The molecule has 12 heteroatoms. The Hall–Kier alpha value is -5.10. The third kappa shape index (κ3) is 4.86. The van der Waals surface area contributed by atoms with Crippen molar-refractivity contribution in [1.82, 2.24) is 14.9 Å². The van der Waals surface area contributed by atoms with E-state index in [2.05, 4.69) is 10.6 Å². The number of hydrogen-bond donors (Lipinski definition) is 3. The van der Waals surface area contributed by atoms with Gasteiger partial charge in [0.1, 0.15) is 19.0 Å². The van der Waals surface area contributed by atoms with Crippen LogP contribution in [0.25, 0.3) is 22.3 Å². The number of carbonyl (C=O) groups is 3. The number of esters is 1. The second-order valence-electron chi connectivity index (χ2n) is 12.2. The zero-order valence-electron chi connectivity index (χ0n) is 26.2. The molecule has 11 nitrogen and oxygen atoms in total. The normalized spacial score (nSPS) is 19.0. The van der Waals surface area contributed by atoms with Crippen molar-refractivity contribution in [2.45, 2.75) is 77.9 Å². The van der Waals surface area contributed by atoms with Crippen LogP contribution in [0.5, 0.6) is 0 Å². The highest BCUT2D eigenvalue weighted by Gasteiger charge is 2.46. The molecule has 0 radical (unpaired) electrons. The summed E-state index contributed by atoms with van der Waals surface area (Å²) in [6.45, 7) is 5.00. The van der Waals surface area contributed by atoms with E-state index in [1.165, 1.54) is 10.6 Å². The average Bonchev–Trinajstić information content (AvgIpc) is 3.44. The number of amides is 2. The van der Waals surface area contributed by atoms with Crippen LogP contribution in [0.2, 0.25) is 0 Å². The Bertz CT molecular complexity index is 2070. The van der Waals surface area contributed by atoms with Gasteiger partial charge in [0.15, 0.2) is 5.60 Å². The van der Waals surface area contributed by atoms with E-state index in [0.717, 1.165) is 22.1 Å². The molecule has 2 aromatic heterocycles. The van der Waals surface area contributed by atoms with E-state index in [9.17, 15) is 24.3 Å². The van der Waals surface area contributed by atoms with Gasteiger partial charge in [-0.1, -0.05) is 26.0 Å². The average molecular weight is 641 g/mol. The van der Waals surface area contributed by atoms with Crippen molar-refractivity contribution in [3.05, 3.63) is 91.5 Å². The lowest BCUT2D eigenvalue weighted by Crippen LogP contribution is -2.44. The summed E-state index contributed by atoms with van der Waals surface area (Å²) in [5.41, 5.74) is 3.33. The molecular formula is C35H33FN4O7. The third-order valence-electron chi connectivity index (χ3n) is 9.60. The number of aryl methyl sites for hydroxylation is 1. The van der Waals surface area contributed by atoms with Crippen molar-refractivity contribution in [2.24, 2.45) is 0 Å². The van der Waals surface area contributed by atoms with Gasteiger partial charge in [0, 0.05) is 34.7 Å². The van der Waals surface area contributed by atoms with Gasteiger partial charge in [0.25, 0.3) is 5.56 Å². The summed E-state index contributed by atoms with van der Waals surface area (Å²) >= 11 is 0. The molecule has 0 spiro atoms. The van der Waals surface area contributed by atoms with Crippen molar-refractivity contribution in [3.63, 3.8) is 0 Å². The van der Waals surface area contributed by atoms with Crippen LogP contribution in [-0.2, 0) is 50.8 Å². The van der Waals surface area contributed by atoms with E-state index in [1.807, 2.05) is 0 Å². The molecule has 0 unspecified atom stereocenters. The zero-order valence-corrected chi connectivity index (χ0v) is 26.2. The van der Waals surface area contributed by atoms with Crippen molar-refractivity contribution in [1.29, 1.82) is 0 Å². The second kappa shape index (κ2) is 11.3. The van der Waals surface area contributed by atoms with Crippen LogP contribution in [0.1, 0.15) is 78.1 Å². The number of carbonyl (C=O) groups excluding carboxylic acids is 3. The monoisotopic (exact) mass is 640 g/mol. The summed E-state index contributed by atoms with van der Waals surface area (Å²) < 4.78 is 27.5. The van der Waals surface area contributed by atoms with E-state index in [4.69, 9.17) is 14.5 Å². The molecule has 3 N–H and O–H groups in total. The first-order valence-corrected chi connectivity index (χ1v) is 15.7. The molecule has 2 aliphatic heterocycles. The number of alkyl carbamates (subject to hydrolysis) is 1. The van der Waals surface area contributed by atoms with Gasteiger partial charge in [0.05, 0.1) is 35.1 Å². The molecule has 7 rings (SSSR count). The molecule has 4 aromatic rings. The lowest BCUT2D eigenvalue weighted by atomic mass is 9.81. The molecule has 2 amide bonds. The number of nitrogens with one attached hydrogen (secondary N) is 2. The first-order chi connectivity index (χ1) is 22.5. The van der Waals surface area contributed by atoms with Gasteiger partial charge in [-0.3, -0.25) is 9.59 Å². The van der Waals surface area contributed by atoms with Gasteiger partial charge < -0.3 is 29.8 Å². The number of aliphatic hydroxyl groups is 1. The molecule has 2 aromatic carbocycles. The van der Waals surface area contributed by atoms with Crippen LogP contribution >= 0.6 is 0 Å². The van der Waals surface area contributed by atoms with Gasteiger partial charge in [0.2, 0.25) is 5.91 Å². The fourth-order valence-corrected chi connectivity index (χ4v) is 6.97. The molecule has 0 fully saturated rings. The number of aromatic nitrogens is 2. The van der Waals surface area contributed by atoms with E-state index >= 15 is 4.39 Å². The van der Waals surface area contributed by atoms with Crippen LogP contribution in [0.3, 0.4) is 0 Å². The minimum atomic E-state index is -1.98. The second-order valence-corrected chi connectivity index (χ2v) is 12.2. The molecule has 4 heterocycles. The summed E-state index contributed by atoms with van der Waals surface area (Å²) in [7, 11) is 0. The number of fused-ring (bicyclic) bond motifs is 5. The largest absolute Gasteiger partial charge is 0.458 e. The molecular weight excluding hydrogens is 607 g/mol. The maximum atomic E-state index is 15.2. The maximum absolute atomic E-state index is 15.2. The summed E-state index contributed by atoms with van der Waals surface area (Å²) in [6.07, 6.45) is 0.677. The van der Waals surface area contributed by atoms with Gasteiger partial charge in [-0.2, -0.15) is 0 Å². The van der Waals surface area contributed by atoms with Crippen LogP contribution in [0.4, 0.5) is 14.9 Å². The molecule has 242 valence electrons. The van der Waals surface area contributed by atoms with Gasteiger partial charge in [-0.15, -0.1) is 0 Å². The Balaban J connectivity index is 1.25. The third-order valence-corrected chi connectivity index (χ3v) is 9.60. The van der Waals surface area contributed by atoms with Crippen molar-refractivity contribution >= 4 is 34.6 Å². The number of rotatable bonds is 6. The topological polar surface area (TPSA) is 149 Å². The Morgan fingerprint density at radius 3 is 2.64 bits per heavy atom. The van der Waals surface area contributed by atoms with Gasteiger partial charge >= 0.3 is 12.1 Å². The molecule has 3 aliphatic rings. The quantitative estimate of drug-likeness (QED) is 0.225. The summed E-state index contributed by atoms with van der Waals surface area (Å²) in [5, 5.41) is 17.8. The smallest absolute Gasteiger partial charge is 0.407 e. The standard InChI is InChI=1S/C35H33FN4O7/c1-4-28(41)37-19-8-6-18(7-9-19)15-47-34(44)39-25-11-10-20-17(3)24(36)13-26-29(20)30(25)21-14-40-27(31(21)38-26)12-23-22(32(40)42)16-46-33(43)35(23,45)5-2/h6-9,12-13,25,45H,4-5,10-11,14-16H2,1-3H3,(H,37,41)(H,39,44)/t25-,35-/m0/s1. The highest BCUT2D eigenvalue weighted by molar-refractivity contribution is 5.94. The number of hydrogen-bond acceptors (Lipinski definition) is 8. The fraction of sp³-hybridized carbons (Fsp3) is 0.343. The SMILES string of the molecule is CCC(=O)Nc1ccc(COC(=O)N[C@H]2CCc3c(C)c(F)cc4nc5c(c2c34)Cn2c-5cc3c(c2=O)COC(=O)[C@]3(O)CC)cc1. The highest BCUT2D eigenvalue weighted by atomic mass is 19.1. The first kappa shape index (κ1) is 30.5. The maximum Gasteiger partial charge on any atom is 0.407 e. The minimum absolute atomic E-state index is 0.00115. The summed E-state index contributed by atoms with van der Waals surface area (Å²) in [6, 6.07) is 9.45. The van der Waals surface area contributed by atoms with E-state index in [0.29, 0.717) is 53.0 Å². The molecule has 47 heavy (non-hydrogen) atoms. The number of nitrogens with zero attached hydrogens (tertiary/aromatic N) is 2. The van der Waals surface area contributed by atoms with Crippen molar-refractivity contribution in [2.75, 3.05) is 5.32 Å². The number of pyridine rings is 2. The lowest BCUT2D eigenvalue weighted by Gasteiger charge is -2.31. The minimum Gasteiger partial charge on any atom is -0.458 e.